The van der Waals surface area contributed by atoms with Crippen molar-refractivity contribution in [1.29, 1.82) is 5.26 Å². The SMILES string of the molecule is N#Cc1cccnc1Oc1c(Br)cc([N+](=O)[O-])cc1Br. The van der Waals surface area contributed by atoms with Crippen molar-refractivity contribution in [2.45, 2.75) is 0 Å². The predicted molar refractivity (Wildman–Crippen MR) is 77.5 cm³/mol. The van der Waals surface area contributed by atoms with Crippen molar-refractivity contribution in [3.63, 3.8) is 0 Å². The molecule has 2 rings (SSSR count). The van der Waals surface area contributed by atoms with Crippen molar-refractivity contribution >= 4 is 37.5 Å². The number of pyridine rings is 1. The second kappa shape index (κ2) is 5.98. The molecule has 8 heteroatoms. The molecule has 0 saturated heterocycles. The van der Waals surface area contributed by atoms with Crippen LogP contribution in [0.5, 0.6) is 11.6 Å². The molecule has 0 aliphatic carbocycles. The Labute approximate surface area is 130 Å². The maximum Gasteiger partial charge on any atom is 0.271 e. The molecule has 2 aromatic rings. The Bertz CT molecular complexity index is 705. The molecular weight excluding hydrogens is 394 g/mol. The Morgan fingerprint density at radius 3 is 2.55 bits per heavy atom. The van der Waals surface area contributed by atoms with Gasteiger partial charge in [0.2, 0.25) is 5.88 Å². The van der Waals surface area contributed by atoms with Gasteiger partial charge in [0.1, 0.15) is 11.6 Å². The average Bonchev–Trinajstić information content (AvgIpc) is 2.42. The van der Waals surface area contributed by atoms with Crippen LogP contribution in [0.1, 0.15) is 5.56 Å². The third-order valence-corrected chi connectivity index (χ3v) is 3.46. The lowest BCUT2D eigenvalue weighted by atomic mass is 10.3. The van der Waals surface area contributed by atoms with E-state index in [1.165, 1.54) is 18.3 Å². The van der Waals surface area contributed by atoms with Crippen LogP contribution in [-0.2, 0) is 0 Å². The first-order chi connectivity index (χ1) is 9.52. The molecule has 0 amide bonds. The highest BCUT2D eigenvalue weighted by Gasteiger charge is 2.17. The first-order valence-corrected chi connectivity index (χ1v) is 6.78. The Kier molecular flexibility index (Phi) is 4.32. The lowest BCUT2D eigenvalue weighted by Crippen LogP contribution is -1.95. The maximum atomic E-state index is 10.7. The number of non-ortho nitro benzene ring substituents is 1. The molecule has 1 aromatic carbocycles. The van der Waals surface area contributed by atoms with Gasteiger partial charge in [-0.2, -0.15) is 5.26 Å². The van der Waals surface area contributed by atoms with E-state index in [0.29, 0.717) is 14.7 Å². The summed E-state index contributed by atoms with van der Waals surface area (Å²) in [5.41, 5.74) is 0.183. The summed E-state index contributed by atoms with van der Waals surface area (Å²) in [5, 5.41) is 19.7. The number of hydrogen-bond donors (Lipinski definition) is 0. The summed E-state index contributed by atoms with van der Waals surface area (Å²) < 4.78 is 6.31. The number of nitrogens with zero attached hydrogens (tertiary/aromatic N) is 3. The molecule has 6 nitrogen and oxygen atoms in total. The van der Waals surface area contributed by atoms with Gasteiger partial charge in [0.25, 0.3) is 5.69 Å². The molecule has 0 fully saturated rings. The topological polar surface area (TPSA) is 89.0 Å². The van der Waals surface area contributed by atoms with Crippen LogP contribution >= 0.6 is 31.9 Å². The fourth-order valence-corrected chi connectivity index (χ4v) is 2.73. The van der Waals surface area contributed by atoms with E-state index in [4.69, 9.17) is 10.00 Å². The van der Waals surface area contributed by atoms with Gasteiger partial charge in [-0.05, 0) is 44.0 Å². The molecule has 20 heavy (non-hydrogen) atoms. The van der Waals surface area contributed by atoms with Gasteiger partial charge in [-0.15, -0.1) is 0 Å². The number of benzene rings is 1. The lowest BCUT2D eigenvalue weighted by molar-refractivity contribution is -0.385. The van der Waals surface area contributed by atoms with Gasteiger partial charge in [0.05, 0.1) is 13.9 Å². The largest absolute Gasteiger partial charge is 0.435 e. The summed E-state index contributed by atoms with van der Waals surface area (Å²) in [6.07, 6.45) is 1.49. The molecule has 0 aliphatic rings. The zero-order valence-electron chi connectivity index (χ0n) is 9.71. The van der Waals surface area contributed by atoms with E-state index >= 15 is 0 Å². The summed E-state index contributed by atoms with van der Waals surface area (Å²) in [6.45, 7) is 0. The molecule has 100 valence electrons. The van der Waals surface area contributed by atoms with Gasteiger partial charge in [-0.1, -0.05) is 0 Å². The summed E-state index contributed by atoms with van der Waals surface area (Å²) >= 11 is 6.40. The zero-order chi connectivity index (χ0) is 14.7. The minimum Gasteiger partial charge on any atom is -0.435 e. The maximum absolute atomic E-state index is 10.7. The van der Waals surface area contributed by atoms with Gasteiger partial charge < -0.3 is 4.74 Å². The molecular formula is C12H5Br2N3O3. The Morgan fingerprint density at radius 1 is 1.35 bits per heavy atom. The number of nitro groups is 1. The normalized spacial score (nSPS) is 9.85. The van der Waals surface area contributed by atoms with Crippen molar-refractivity contribution in [3.05, 3.63) is 55.1 Å². The second-order valence-corrected chi connectivity index (χ2v) is 5.27. The molecule has 0 unspecified atom stereocenters. The van der Waals surface area contributed by atoms with Crippen LogP contribution in [0.25, 0.3) is 0 Å². The van der Waals surface area contributed by atoms with E-state index in [-0.39, 0.29) is 17.1 Å². The number of nitriles is 1. The monoisotopic (exact) mass is 397 g/mol. The van der Waals surface area contributed by atoms with Crippen LogP contribution in [0.4, 0.5) is 5.69 Å². The van der Waals surface area contributed by atoms with Gasteiger partial charge in [0, 0.05) is 18.3 Å². The zero-order valence-corrected chi connectivity index (χ0v) is 12.9. The van der Waals surface area contributed by atoms with Crippen LogP contribution < -0.4 is 4.74 Å². The van der Waals surface area contributed by atoms with Gasteiger partial charge in [0.15, 0.2) is 5.75 Å². The lowest BCUT2D eigenvalue weighted by Gasteiger charge is -2.09. The molecule has 0 radical (unpaired) electrons. The number of halogens is 2. The minimum atomic E-state index is -0.513. The molecule has 1 heterocycles. The van der Waals surface area contributed by atoms with Crippen LogP contribution in [0, 0.1) is 21.4 Å². The Morgan fingerprint density at radius 2 is 2.00 bits per heavy atom. The fourth-order valence-electron chi connectivity index (χ4n) is 1.40. The first-order valence-electron chi connectivity index (χ1n) is 5.19. The summed E-state index contributed by atoms with van der Waals surface area (Å²) in [7, 11) is 0. The number of aromatic nitrogens is 1. The van der Waals surface area contributed by atoms with E-state index in [1.807, 2.05) is 6.07 Å². The second-order valence-electron chi connectivity index (χ2n) is 3.57. The van der Waals surface area contributed by atoms with Gasteiger partial charge >= 0.3 is 0 Å². The highest BCUT2D eigenvalue weighted by molar-refractivity contribution is 9.11. The van der Waals surface area contributed by atoms with Crippen molar-refractivity contribution in [1.82, 2.24) is 4.98 Å². The molecule has 0 bridgehead atoms. The van der Waals surface area contributed by atoms with Crippen LogP contribution in [0.2, 0.25) is 0 Å². The fraction of sp³-hybridized carbons (Fsp3) is 0. The standard InChI is InChI=1S/C12H5Br2N3O3/c13-9-4-8(17(18)19)5-10(14)11(9)20-12-7(6-15)2-1-3-16-12/h1-5H. The van der Waals surface area contributed by atoms with E-state index in [9.17, 15) is 10.1 Å². The van der Waals surface area contributed by atoms with Crippen LogP contribution in [0.15, 0.2) is 39.4 Å². The van der Waals surface area contributed by atoms with E-state index in [0.717, 1.165) is 0 Å². The van der Waals surface area contributed by atoms with Crippen molar-refractivity contribution in [2.24, 2.45) is 0 Å². The number of rotatable bonds is 3. The average molecular weight is 399 g/mol. The van der Waals surface area contributed by atoms with E-state index < -0.39 is 4.92 Å². The summed E-state index contributed by atoms with van der Waals surface area (Å²) in [6, 6.07) is 7.77. The molecule has 0 aliphatic heterocycles. The molecule has 0 atom stereocenters. The number of hydrogen-bond acceptors (Lipinski definition) is 5. The van der Waals surface area contributed by atoms with Crippen molar-refractivity contribution in [3.8, 4) is 17.7 Å². The predicted octanol–water partition coefficient (Wildman–Crippen LogP) is 4.18. The molecule has 0 spiro atoms. The van der Waals surface area contributed by atoms with Crippen LogP contribution in [0.3, 0.4) is 0 Å². The smallest absolute Gasteiger partial charge is 0.271 e. The molecule has 0 N–H and O–H groups in total. The quantitative estimate of drug-likeness (QED) is 0.571. The van der Waals surface area contributed by atoms with Crippen molar-refractivity contribution in [2.75, 3.05) is 0 Å². The summed E-state index contributed by atoms with van der Waals surface area (Å²) in [4.78, 5) is 14.2. The first kappa shape index (κ1) is 14.4. The van der Waals surface area contributed by atoms with Gasteiger partial charge in [-0.3, -0.25) is 10.1 Å². The van der Waals surface area contributed by atoms with E-state index in [1.54, 1.807) is 12.1 Å². The Hall–Kier alpha value is -1.98. The Balaban J connectivity index is 2.45. The number of ether oxygens (including phenoxy) is 1. The summed E-state index contributed by atoms with van der Waals surface area (Å²) in [5.74, 6) is 0.441. The third-order valence-electron chi connectivity index (χ3n) is 2.28. The van der Waals surface area contributed by atoms with Gasteiger partial charge in [-0.25, -0.2) is 4.98 Å². The highest BCUT2D eigenvalue weighted by atomic mass is 79.9. The molecule has 1 aromatic heterocycles. The van der Waals surface area contributed by atoms with E-state index in [2.05, 4.69) is 36.8 Å². The third kappa shape index (κ3) is 2.95. The van der Waals surface area contributed by atoms with Crippen molar-refractivity contribution < 1.29 is 9.66 Å². The minimum absolute atomic E-state index is 0.0855. The molecule has 0 saturated carbocycles. The highest BCUT2D eigenvalue weighted by Crippen LogP contribution is 2.39. The number of nitro benzene ring substituents is 1. The van der Waals surface area contributed by atoms with Crippen LogP contribution in [-0.4, -0.2) is 9.91 Å².